The van der Waals surface area contributed by atoms with Gasteiger partial charge in [0.05, 0.1) is 0 Å². The Kier molecular flexibility index (Phi) is 5.51. The number of carbonyl (C=O) groups is 1. The smallest absolute Gasteiger partial charge is 0.442 e. The SMILES string of the molecule is O=C(CCN1CCN(Cc2ccc3c(c2)OCO3)CC1)N1NC=C[C@]1(O)C(F)(F)F. The average Bonchev–Trinajstić information content (AvgIpc) is 3.33. The van der Waals surface area contributed by atoms with Crippen LogP contribution >= 0.6 is 0 Å². The molecule has 164 valence electrons. The molecule has 30 heavy (non-hydrogen) atoms. The topological polar surface area (TPSA) is 77.5 Å². The van der Waals surface area contributed by atoms with E-state index in [0.29, 0.717) is 25.7 Å². The molecule has 0 aliphatic carbocycles. The van der Waals surface area contributed by atoms with Crippen molar-refractivity contribution in [2.45, 2.75) is 24.9 Å². The van der Waals surface area contributed by atoms with Gasteiger partial charge in [-0.25, -0.2) is 5.01 Å². The van der Waals surface area contributed by atoms with Crippen LogP contribution in [-0.2, 0) is 11.3 Å². The number of ether oxygens (including phenoxy) is 2. The van der Waals surface area contributed by atoms with E-state index in [2.05, 4.69) is 10.3 Å². The van der Waals surface area contributed by atoms with Crippen molar-refractivity contribution in [3.63, 3.8) is 0 Å². The summed E-state index contributed by atoms with van der Waals surface area (Å²) in [7, 11) is 0. The summed E-state index contributed by atoms with van der Waals surface area (Å²) in [6.07, 6.45) is -3.67. The van der Waals surface area contributed by atoms with Crippen molar-refractivity contribution in [3.8, 4) is 11.5 Å². The number of aliphatic hydroxyl groups is 1. The number of hydrogen-bond acceptors (Lipinski definition) is 7. The van der Waals surface area contributed by atoms with E-state index < -0.39 is 17.8 Å². The van der Waals surface area contributed by atoms with Gasteiger partial charge in [-0.1, -0.05) is 6.07 Å². The first-order valence-corrected chi connectivity index (χ1v) is 9.65. The van der Waals surface area contributed by atoms with E-state index in [1.165, 1.54) is 0 Å². The summed E-state index contributed by atoms with van der Waals surface area (Å²) < 4.78 is 49.9. The summed E-state index contributed by atoms with van der Waals surface area (Å²) >= 11 is 0. The maximum atomic E-state index is 13.1. The zero-order valence-electron chi connectivity index (χ0n) is 16.2. The molecule has 1 aromatic rings. The molecule has 11 heteroatoms. The quantitative estimate of drug-likeness (QED) is 0.726. The number of amides is 1. The molecule has 8 nitrogen and oxygen atoms in total. The van der Waals surface area contributed by atoms with Crippen LogP contribution in [0, 0.1) is 0 Å². The van der Waals surface area contributed by atoms with Crippen LogP contribution in [0.4, 0.5) is 13.2 Å². The van der Waals surface area contributed by atoms with Gasteiger partial charge in [0, 0.05) is 51.9 Å². The van der Waals surface area contributed by atoms with Gasteiger partial charge in [-0.3, -0.25) is 9.69 Å². The molecular weight excluding hydrogens is 405 g/mol. The minimum atomic E-state index is -4.98. The molecule has 3 heterocycles. The number of rotatable bonds is 5. The van der Waals surface area contributed by atoms with Crippen molar-refractivity contribution >= 4 is 5.91 Å². The van der Waals surface area contributed by atoms with Gasteiger partial charge in [-0.05, 0) is 23.8 Å². The lowest BCUT2D eigenvalue weighted by atomic mass is 10.1. The van der Waals surface area contributed by atoms with Gasteiger partial charge < -0.3 is 24.9 Å². The lowest BCUT2D eigenvalue weighted by Gasteiger charge is -2.36. The molecule has 0 radical (unpaired) electrons. The predicted molar refractivity (Wildman–Crippen MR) is 99.0 cm³/mol. The number of halogens is 3. The Morgan fingerprint density at radius 3 is 2.57 bits per heavy atom. The van der Waals surface area contributed by atoms with Crippen LogP contribution in [0.5, 0.6) is 11.5 Å². The fraction of sp³-hybridized carbons (Fsp3) is 0.526. The molecule has 0 saturated carbocycles. The van der Waals surface area contributed by atoms with Crippen molar-refractivity contribution in [1.29, 1.82) is 0 Å². The zero-order valence-corrected chi connectivity index (χ0v) is 16.2. The third-order valence-corrected chi connectivity index (χ3v) is 5.48. The van der Waals surface area contributed by atoms with E-state index in [1.54, 1.807) is 0 Å². The summed E-state index contributed by atoms with van der Waals surface area (Å²) in [6, 6.07) is 5.85. The van der Waals surface area contributed by atoms with E-state index in [9.17, 15) is 23.1 Å². The molecule has 1 saturated heterocycles. The highest BCUT2D eigenvalue weighted by molar-refractivity contribution is 5.77. The number of nitrogens with one attached hydrogen (secondary N) is 1. The largest absolute Gasteiger partial charge is 0.454 e. The molecule has 1 atom stereocenters. The number of alkyl halides is 3. The molecule has 4 rings (SSSR count). The summed E-state index contributed by atoms with van der Waals surface area (Å²) in [4.78, 5) is 16.6. The second-order valence-corrected chi connectivity index (χ2v) is 7.47. The highest BCUT2D eigenvalue weighted by Crippen LogP contribution is 2.36. The van der Waals surface area contributed by atoms with Gasteiger partial charge >= 0.3 is 6.18 Å². The molecule has 3 aliphatic rings. The molecule has 1 amide bonds. The third-order valence-electron chi connectivity index (χ3n) is 5.48. The second kappa shape index (κ2) is 7.97. The molecular formula is C19H23F3N4O4. The maximum Gasteiger partial charge on any atom is 0.442 e. The number of carbonyl (C=O) groups excluding carboxylic acids is 1. The zero-order chi connectivity index (χ0) is 21.4. The fourth-order valence-electron chi connectivity index (χ4n) is 3.72. The van der Waals surface area contributed by atoms with Crippen LogP contribution in [0.1, 0.15) is 12.0 Å². The van der Waals surface area contributed by atoms with Crippen LogP contribution in [0.2, 0.25) is 0 Å². The van der Waals surface area contributed by atoms with Crippen molar-refractivity contribution in [3.05, 3.63) is 36.0 Å². The van der Waals surface area contributed by atoms with Crippen LogP contribution in [-0.4, -0.2) is 77.2 Å². The summed E-state index contributed by atoms with van der Waals surface area (Å²) in [5.41, 5.74) is -0.0186. The Hall–Kier alpha value is -2.50. The maximum absolute atomic E-state index is 13.1. The van der Waals surface area contributed by atoms with Crippen molar-refractivity contribution in [2.24, 2.45) is 0 Å². The Morgan fingerprint density at radius 1 is 1.13 bits per heavy atom. The number of fused-ring (bicyclic) bond motifs is 1. The highest BCUT2D eigenvalue weighted by Gasteiger charge is 2.60. The normalized spacial score (nSPS) is 24.3. The van der Waals surface area contributed by atoms with E-state index in [-0.39, 0.29) is 18.2 Å². The highest BCUT2D eigenvalue weighted by atomic mass is 19.4. The van der Waals surface area contributed by atoms with Gasteiger partial charge in [0.1, 0.15) is 0 Å². The molecule has 0 bridgehead atoms. The first-order chi connectivity index (χ1) is 14.3. The van der Waals surface area contributed by atoms with Gasteiger partial charge in [-0.2, -0.15) is 13.2 Å². The Bertz CT molecular complexity index is 826. The van der Waals surface area contributed by atoms with Gasteiger partial charge in [-0.15, -0.1) is 0 Å². The monoisotopic (exact) mass is 428 g/mol. The molecule has 2 N–H and O–H groups in total. The third kappa shape index (κ3) is 4.05. The summed E-state index contributed by atoms with van der Waals surface area (Å²) in [6.45, 7) is 4.27. The van der Waals surface area contributed by atoms with E-state index in [4.69, 9.17) is 9.47 Å². The lowest BCUT2D eigenvalue weighted by molar-refractivity contribution is -0.289. The van der Waals surface area contributed by atoms with E-state index in [0.717, 1.165) is 42.9 Å². The lowest BCUT2D eigenvalue weighted by Crippen LogP contribution is -2.60. The van der Waals surface area contributed by atoms with Crippen LogP contribution in [0.25, 0.3) is 0 Å². The number of hydrogen-bond donors (Lipinski definition) is 2. The molecule has 0 aromatic heterocycles. The molecule has 1 aromatic carbocycles. The van der Waals surface area contributed by atoms with Crippen molar-refractivity contribution in [1.82, 2.24) is 20.2 Å². The van der Waals surface area contributed by atoms with Gasteiger partial charge in [0.2, 0.25) is 12.7 Å². The minimum Gasteiger partial charge on any atom is -0.454 e. The Balaban J connectivity index is 1.23. The first-order valence-electron chi connectivity index (χ1n) is 9.65. The summed E-state index contributed by atoms with van der Waals surface area (Å²) in [5, 5.41) is 10.1. The predicted octanol–water partition coefficient (Wildman–Crippen LogP) is 1.03. The summed E-state index contributed by atoms with van der Waals surface area (Å²) in [5.74, 6) is 0.671. The molecule has 0 spiro atoms. The molecule has 3 aliphatic heterocycles. The van der Waals surface area contributed by atoms with E-state index >= 15 is 0 Å². The molecule has 1 fully saturated rings. The number of piperazine rings is 1. The van der Waals surface area contributed by atoms with Gasteiger partial charge in [0.25, 0.3) is 5.72 Å². The minimum absolute atomic E-state index is 0.130. The average molecular weight is 428 g/mol. The van der Waals surface area contributed by atoms with E-state index in [1.807, 2.05) is 23.1 Å². The Labute approximate surface area is 171 Å². The first kappa shape index (κ1) is 20.8. The van der Waals surface area contributed by atoms with Crippen LogP contribution in [0.3, 0.4) is 0 Å². The standard InChI is InChI=1S/C19H23F3N4O4/c20-19(21,22)18(28)4-5-23-26(18)17(27)3-6-24-7-9-25(10-8-24)12-14-1-2-15-16(11-14)30-13-29-15/h1-2,4-5,11,23,28H,3,6-10,12-13H2/t18-/m0/s1. The van der Waals surface area contributed by atoms with Crippen LogP contribution < -0.4 is 14.9 Å². The fourth-order valence-corrected chi connectivity index (χ4v) is 3.72. The molecule has 0 unspecified atom stereocenters. The van der Waals surface area contributed by atoms with Crippen LogP contribution in [0.15, 0.2) is 30.5 Å². The Morgan fingerprint density at radius 2 is 1.83 bits per heavy atom. The number of nitrogens with zero attached hydrogens (tertiary/aromatic N) is 3. The second-order valence-electron chi connectivity index (χ2n) is 7.47. The number of hydrazine groups is 1. The number of benzene rings is 1. The van der Waals surface area contributed by atoms with Crippen molar-refractivity contribution < 1.29 is 32.5 Å². The van der Waals surface area contributed by atoms with Gasteiger partial charge in [0.15, 0.2) is 11.5 Å². The van der Waals surface area contributed by atoms with Crippen molar-refractivity contribution in [2.75, 3.05) is 39.5 Å².